The molecule has 3 rings (SSSR count). The Morgan fingerprint density at radius 1 is 1.20 bits per heavy atom. The summed E-state index contributed by atoms with van der Waals surface area (Å²) in [7, 11) is 0. The second-order valence-corrected chi connectivity index (χ2v) is 7.99. The number of hydrogen-bond donors (Lipinski definition) is 1. The van der Waals surface area contributed by atoms with Crippen LogP contribution in [0.4, 0.5) is 4.79 Å². The van der Waals surface area contributed by atoms with Crippen molar-refractivity contribution in [2.45, 2.75) is 32.4 Å². The van der Waals surface area contributed by atoms with Crippen LogP contribution >= 0.6 is 11.6 Å². The lowest BCUT2D eigenvalue weighted by Crippen LogP contribution is -2.41. The molecule has 0 radical (unpaired) electrons. The first-order valence-electron chi connectivity index (χ1n) is 8.38. The van der Waals surface area contributed by atoms with E-state index in [1.54, 1.807) is 29.2 Å². The molecular formula is C18H23ClN2O4. The molecule has 136 valence electrons. The van der Waals surface area contributed by atoms with Gasteiger partial charge < -0.3 is 19.7 Å². The zero-order chi connectivity index (χ0) is 18.2. The first-order valence-corrected chi connectivity index (χ1v) is 8.76. The monoisotopic (exact) mass is 366 g/mol. The van der Waals surface area contributed by atoms with E-state index in [4.69, 9.17) is 21.1 Å². The number of halogens is 1. The molecule has 0 aromatic heterocycles. The van der Waals surface area contributed by atoms with Crippen LogP contribution in [-0.2, 0) is 9.53 Å². The fourth-order valence-corrected chi connectivity index (χ4v) is 3.25. The molecule has 1 aliphatic carbocycles. The molecule has 1 saturated heterocycles. The minimum absolute atomic E-state index is 0.0344. The highest BCUT2D eigenvalue weighted by molar-refractivity contribution is 6.30. The quantitative estimate of drug-likeness (QED) is 0.889. The molecule has 0 spiro atoms. The van der Waals surface area contributed by atoms with Gasteiger partial charge in [-0.3, -0.25) is 4.79 Å². The minimum Gasteiger partial charge on any atom is -0.484 e. The van der Waals surface area contributed by atoms with Gasteiger partial charge in [0.25, 0.3) is 5.91 Å². The van der Waals surface area contributed by atoms with E-state index in [2.05, 4.69) is 5.32 Å². The molecule has 0 unspecified atom stereocenters. The summed E-state index contributed by atoms with van der Waals surface area (Å²) in [5.41, 5.74) is -0.490. The third-order valence-corrected chi connectivity index (χ3v) is 4.61. The van der Waals surface area contributed by atoms with E-state index >= 15 is 0 Å². The van der Waals surface area contributed by atoms with Crippen LogP contribution in [0.1, 0.15) is 20.8 Å². The number of fused-ring (bicyclic) bond motifs is 1. The topological polar surface area (TPSA) is 67.9 Å². The Hall–Kier alpha value is -1.95. The van der Waals surface area contributed by atoms with Crippen LogP contribution in [0, 0.1) is 11.8 Å². The standard InChI is InChI=1S/C18H23ClN2O4/c1-18(2,3)25-17(23)21-8-13-14(9-21)16(13)20-15(22)10-24-12-6-4-11(19)5-7-12/h4-7,13-14,16H,8-10H2,1-3H3,(H,20,22)/t13-,14-/m1/s1. The van der Waals surface area contributed by atoms with Gasteiger partial charge in [0.15, 0.2) is 6.61 Å². The van der Waals surface area contributed by atoms with Gasteiger partial charge in [0.05, 0.1) is 0 Å². The summed E-state index contributed by atoms with van der Waals surface area (Å²) in [5, 5.41) is 3.60. The molecule has 1 saturated carbocycles. The Morgan fingerprint density at radius 2 is 1.80 bits per heavy atom. The number of piperidine rings is 1. The lowest BCUT2D eigenvalue weighted by Gasteiger charge is -2.26. The highest BCUT2D eigenvalue weighted by atomic mass is 35.5. The summed E-state index contributed by atoms with van der Waals surface area (Å²) >= 11 is 5.80. The maximum Gasteiger partial charge on any atom is 0.410 e. The number of rotatable bonds is 4. The van der Waals surface area contributed by atoms with E-state index in [9.17, 15) is 9.59 Å². The van der Waals surface area contributed by atoms with Gasteiger partial charge in [-0.25, -0.2) is 4.79 Å². The molecule has 1 aromatic carbocycles. The Morgan fingerprint density at radius 3 is 2.36 bits per heavy atom. The highest BCUT2D eigenvalue weighted by Crippen LogP contribution is 2.45. The van der Waals surface area contributed by atoms with E-state index in [1.807, 2.05) is 20.8 Å². The molecule has 25 heavy (non-hydrogen) atoms. The second-order valence-electron chi connectivity index (χ2n) is 7.55. The Kier molecular flexibility index (Phi) is 4.82. The summed E-state index contributed by atoms with van der Waals surface area (Å²) in [6.45, 7) is 6.78. The van der Waals surface area contributed by atoms with Gasteiger partial charge in [-0.15, -0.1) is 0 Å². The third kappa shape index (κ3) is 4.57. The SMILES string of the molecule is CC(C)(C)OC(=O)N1C[C@H]2C(NC(=O)COc3ccc(Cl)cc3)[C@@H]2C1. The lowest BCUT2D eigenvalue weighted by molar-refractivity contribution is -0.123. The third-order valence-electron chi connectivity index (χ3n) is 4.36. The molecule has 2 amide bonds. The average Bonchev–Trinajstić information content (AvgIpc) is 2.95. The molecule has 2 aliphatic rings. The molecule has 1 aromatic rings. The maximum absolute atomic E-state index is 12.0. The van der Waals surface area contributed by atoms with Crippen molar-refractivity contribution in [2.24, 2.45) is 11.8 Å². The van der Waals surface area contributed by atoms with Crippen molar-refractivity contribution in [3.05, 3.63) is 29.3 Å². The van der Waals surface area contributed by atoms with Gasteiger partial charge >= 0.3 is 6.09 Å². The van der Waals surface area contributed by atoms with Gasteiger partial charge in [0.2, 0.25) is 0 Å². The summed E-state index contributed by atoms with van der Waals surface area (Å²) < 4.78 is 10.8. The minimum atomic E-state index is -0.490. The number of hydrogen-bond acceptors (Lipinski definition) is 4. The summed E-state index contributed by atoms with van der Waals surface area (Å²) in [6, 6.07) is 7.00. The Balaban J connectivity index is 1.38. The summed E-state index contributed by atoms with van der Waals surface area (Å²) in [6.07, 6.45) is -0.282. The molecule has 1 aliphatic heterocycles. The van der Waals surface area contributed by atoms with E-state index in [-0.39, 0.29) is 24.6 Å². The van der Waals surface area contributed by atoms with E-state index in [0.29, 0.717) is 35.7 Å². The predicted molar refractivity (Wildman–Crippen MR) is 93.7 cm³/mol. The Bertz CT molecular complexity index is 644. The van der Waals surface area contributed by atoms with Crippen LogP contribution < -0.4 is 10.1 Å². The van der Waals surface area contributed by atoms with Crippen molar-refractivity contribution < 1.29 is 19.1 Å². The van der Waals surface area contributed by atoms with Crippen LogP contribution in [0.2, 0.25) is 5.02 Å². The van der Waals surface area contributed by atoms with Crippen molar-refractivity contribution >= 4 is 23.6 Å². The first kappa shape index (κ1) is 17.9. The summed E-state index contributed by atoms with van der Waals surface area (Å²) in [4.78, 5) is 25.7. The molecule has 7 heteroatoms. The normalized spacial score (nSPS) is 24.5. The number of benzene rings is 1. The number of ether oxygens (including phenoxy) is 2. The highest BCUT2D eigenvalue weighted by Gasteiger charge is 2.57. The zero-order valence-corrected chi connectivity index (χ0v) is 15.4. The van der Waals surface area contributed by atoms with Crippen LogP contribution in [-0.4, -0.2) is 48.2 Å². The Labute approximate surface area is 152 Å². The van der Waals surface area contributed by atoms with Crippen molar-refractivity contribution in [1.29, 1.82) is 0 Å². The van der Waals surface area contributed by atoms with Gasteiger partial charge in [0, 0.05) is 36.0 Å². The number of nitrogens with one attached hydrogen (secondary N) is 1. The van der Waals surface area contributed by atoms with Crippen LogP contribution in [0.25, 0.3) is 0 Å². The number of carbonyl (C=O) groups is 2. The molecule has 6 nitrogen and oxygen atoms in total. The van der Waals surface area contributed by atoms with E-state index in [0.717, 1.165) is 0 Å². The number of carbonyl (C=O) groups excluding carboxylic acids is 2. The second kappa shape index (κ2) is 6.75. The fraction of sp³-hybridized carbons (Fsp3) is 0.556. The molecule has 1 N–H and O–H groups in total. The molecule has 0 bridgehead atoms. The smallest absolute Gasteiger partial charge is 0.410 e. The molecule has 1 heterocycles. The van der Waals surface area contributed by atoms with Gasteiger partial charge in [-0.2, -0.15) is 0 Å². The zero-order valence-electron chi connectivity index (χ0n) is 14.6. The molecule has 2 atom stereocenters. The first-order chi connectivity index (χ1) is 11.7. The fourth-order valence-electron chi connectivity index (χ4n) is 3.12. The lowest BCUT2D eigenvalue weighted by atomic mass is 10.2. The predicted octanol–water partition coefficient (Wildman–Crippen LogP) is 2.70. The maximum atomic E-state index is 12.0. The molecule has 2 fully saturated rings. The van der Waals surface area contributed by atoms with Crippen LogP contribution in [0.3, 0.4) is 0 Å². The van der Waals surface area contributed by atoms with Gasteiger partial charge in [-0.05, 0) is 45.0 Å². The summed E-state index contributed by atoms with van der Waals surface area (Å²) in [5.74, 6) is 1.07. The average molecular weight is 367 g/mol. The van der Waals surface area contributed by atoms with Crippen molar-refractivity contribution in [3.63, 3.8) is 0 Å². The van der Waals surface area contributed by atoms with Crippen molar-refractivity contribution in [1.82, 2.24) is 10.2 Å². The van der Waals surface area contributed by atoms with Gasteiger partial charge in [-0.1, -0.05) is 11.6 Å². The molecular weight excluding hydrogens is 344 g/mol. The van der Waals surface area contributed by atoms with Crippen molar-refractivity contribution in [3.8, 4) is 5.75 Å². The van der Waals surface area contributed by atoms with E-state index in [1.165, 1.54) is 0 Å². The number of likely N-dealkylation sites (tertiary alicyclic amines) is 1. The number of nitrogens with zero attached hydrogens (tertiary/aromatic N) is 1. The van der Waals surface area contributed by atoms with Crippen molar-refractivity contribution in [2.75, 3.05) is 19.7 Å². The van der Waals surface area contributed by atoms with E-state index < -0.39 is 5.60 Å². The van der Waals surface area contributed by atoms with Crippen LogP contribution in [0.15, 0.2) is 24.3 Å². The van der Waals surface area contributed by atoms with Crippen LogP contribution in [0.5, 0.6) is 5.75 Å². The van der Waals surface area contributed by atoms with Gasteiger partial charge in [0.1, 0.15) is 11.4 Å². The number of amides is 2. The largest absolute Gasteiger partial charge is 0.484 e.